The van der Waals surface area contributed by atoms with Crippen LogP contribution in [-0.4, -0.2) is 151 Å². The Bertz CT molecular complexity index is 3930. The van der Waals surface area contributed by atoms with Crippen LogP contribution in [0.4, 0.5) is 22.9 Å². The molecule has 27 nitrogen and oxygen atoms in total. The predicted octanol–water partition coefficient (Wildman–Crippen LogP) is 4.03. The maximum absolute atomic E-state index is 13.5. The number of rotatable bonds is 30. The number of carbonyl (C=O) groups excluding carboxylic acids is 9. The molecule has 0 spiro atoms. The minimum absolute atomic E-state index is 0.00267. The van der Waals surface area contributed by atoms with Gasteiger partial charge in [-0.05, 0) is 106 Å². The van der Waals surface area contributed by atoms with Gasteiger partial charge in [0, 0.05) is 151 Å². The van der Waals surface area contributed by atoms with Gasteiger partial charge in [-0.25, -0.2) is 9.97 Å². The highest BCUT2D eigenvalue weighted by Gasteiger charge is 2.24. The Balaban J connectivity index is 0.749. The van der Waals surface area contributed by atoms with Crippen LogP contribution in [0.25, 0.3) is 0 Å². The quantitative estimate of drug-likeness (QED) is 0.0248. The summed E-state index contributed by atoms with van der Waals surface area (Å²) in [6.07, 6.45) is 17.0. The largest absolute Gasteiger partial charge is 0.351 e. The minimum atomic E-state index is -0.609. The van der Waals surface area contributed by atoms with E-state index in [0.717, 1.165) is 32.5 Å². The summed E-state index contributed by atoms with van der Waals surface area (Å²) in [5.41, 5.74) is 4.99. The van der Waals surface area contributed by atoms with Gasteiger partial charge in [0.1, 0.15) is 22.8 Å². The molecule has 0 unspecified atom stereocenters. The number of amides is 6. The van der Waals surface area contributed by atoms with Crippen molar-refractivity contribution < 1.29 is 43.2 Å². The normalized spacial score (nSPS) is 11.3. The molecule has 0 aromatic carbocycles. The molecule has 0 saturated heterocycles. The molecule has 464 valence electrons. The lowest BCUT2D eigenvalue weighted by molar-refractivity contribution is -0.116. The molecule has 0 fully saturated rings. The first-order valence-electron chi connectivity index (χ1n) is 28.6. The number of imidazole rings is 2. The molecule has 0 radical (unpaired) electrons. The predicted molar refractivity (Wildman–Crippen MR) is 330 cm³/mol. The summed E-state index contributed by atoms with van der Waals surface area (Å²) in [6, 6.07) is 9.64. The Labute approximate surface area is 508 Å². The molecule has 0 bridgehead atoms. The molecule has 0 atom stereocenters. The van der Waals surface area contributed by atoms with Crippen LogP contribution in [0, 0.1) is 0 Å². The lowest BCUT2D eigenvalue weighted by Gasteiger charge is -2.16. The highest BCUT2D eigenvalue weighted by atomic mass is 16.2. The number of nitrogens with zero attached hydrogens (tertiary/aromatic N) is 11. The van der Waals surface area contributed by atoms with Crippen molar-refractivity contribution in [3.8, 4) is 0 Å². The third-order valence-corrected chi connectivity index (χ3v) is 14.8. The van der Waals surface area contributed by atoms with Crippen LogP contribution in [0.1, 0.15) is 127 Å². The van der Waals surface area contributed by atoms with Crippen LogP contribution in [0.15, 0.2) is 92.2 Å². The van der Waals surface area contributed by atoms with E-state index in [4.69, 9.17) is 0 Å². The van der Waals surface area contributed by atoms with Crippen LogP contribution in [0.2, 0.25) is 0 Å². The molecular weight excluding hydrogens is 1130 g/mol. The molecular formula is C61H76N18O9. The summed E-state index contributed by atoms with van der Waals surface area (Å²) in [5.74, 6) is -2.73. The fourth-order valence-electron chi connectivity index (χ4n) is 10.3. The zero-order valence-electron chi connectivity index (χ0n) is 51.2. The zero-order valence-corrected chi connectivity index (χ0v) is 51.2. The standard InChI is InChI=1S/C61H76N18O9/c1-62-15-12-19-71(2)20-13-17-65-58(85)47-28-41(34-76(47)7)66-59(86)48-29-42(35-77(48)8)67-60(87)49-30-43(36-78(49)9)68-61(88)56-70-53(37-79(56)10)69-54(83)14-11-16-64-57(84)46-24-40(33-75(46)6)26-51(81)44-22-38(31-73(44)4)25-50(80)45-23-39(32-74(45)5)27-52(82)55-63-18-21-72(55)3/h18,21-24,28-37,62H,11-17,19-20,25-27H2,1-10H3,(H,64,84)(H,65,85)(H,66,86)(H,67,87)(H,68,88)(H,69,83). The van der Waals surface area contributed by atoms with E-state index >= 15 is 0 Å². The SMILES string of the molecule is CNCCCN(C)CCCNC(=O)c1cc(NC(=O)c2cc(NC(=O)c3cc(NC(=O)c4nc(NC(=O)CCCNC(=O)c5cc(CC(=O)c6cc(CC(=O)c7cc(CC(=O)c8nccn8C)cn7C)cn6C)cn5C)cn4C)cn3C)cn2C)cn1C. The van der Waals surface area contributed by atoms with Crippen LogP contribution in [-0.2, 0) is 80.4 Å². The Kier molecular flexibility index (Phi) is 20.6. The average molecular weight is 1210 g/mol. The van der Waals surface area contributed by atoms with Crippen molar-refractivity contribution in [3.05, 3.63) is 155 Å². The van der Waals surface area contributed by atoms with Gasteiger partial charge in [-0.3, -0.25) is 43.2 Å². The van der Waals surface area contributed by atoms with Gasteiger partial charge in [0.05, 0.1) is 28.5 Å². The molecule has 0 saturated carbocycles. The number of anilines is 4. The van der Waals surface area contributed by atoms with E-state index in [9.17, 15) is 43.2 Å². The molecule has 88 heavy (non-hydrogen) atoms. The number of nitrogens with one attached hydrogen (secondary N) is 7. The van der Waals surface area contributed by atoms with Gasteiger partial charge in [-0.1, -0.05) is 0 Å². The summed E-state index contributed by atoms with van der Waals surface area (Å²) in [5, 5.41) is 20.0. The molecule has 6 amide bonds. The first-order valence-corrected chi connectivity index (χ1v) is 28.6. The number of Topliss-reactive ketones (excluding diaryl/α,β-unsaturated/α-hetero) is 3. The van der Waals surface area contributed by atoms with Crippen LogP contribution in [0.3, 0.4) is 0 Å². The number of aryl methyl sites for hydroxylation is 8. The Hall–Kier alpha value is -10.2. The Morgan fingerprint density at radius 3 is 1.34 bits per heavy atom. The van der Waals surface area contributed by atoms with Gasteiger partial charge in [0.2, 0.25) is 17.5 Å². The van der Waals surface area contributed by atoms with Gasteiger partial charge in [-0.2, -0.15) is 0 Å². The van der Waals surface area contributed by atoms with E-state index in [1.807, 2.05) is 7.05 Å². The molecule has 8 aromatic heterocycles. The van der Waals surface area contributed by atoms with E-state index in [1.54, 1.807) is 158 Å². The second kappa shape index (κ2) is 28.4. The lowest BCUT2D eigenvalue weighted by atomic mass is 10.1. The Morgan fingerprint density at radius 1 is 0.432 bits per heavy atom. The monoisotopic (exact) mass is 1200 g/mol. The minimum Gasteiger partial charge on any atom is -0.351 e. The first-order chi connectivity index (χ1) is 41.9. The van der Waals surface area contributed by atoms with Crippen molar-refractivity contribution in [3.63, 3.8) is 0 Å². The van der Waals surface area contributed by atoms with Crippen molar-refractivity contribution >= 4 is 75.7 Å². The summed E-state index contributed by atoms with van der Waals surface area (Å²) in [6.45, 7) is 3.43. The smallest absolute Gasteiger partial charge is 0.291 e. The lowest BCUT2D eigenvalue weighted by Crippen LogP contribution is -2.30. The molecule has 0 aliphatic carbocycles. The van der Waals surface area contributed by atoms with E-state index < -0.39 is 29.5 Å². The number of ketones is 3. The molecule has 8 aromatic rings. The van der Waals surface area contributed by atoms with Crippen molar-refractivity contribution in [2.24, 2.45) is 56.4 Å². The van der Waals surface area contributed by atoms with Gasteiger partial charge in [0.15, 0.2) is 23.2 Å². The topological polar surface area (TPSA) is 306 Å². The molecule has 7 N–H and O–H groups in total. The number of carbonyl (C=O) groups is 9. The summed E-state index contributed by atoms with van der Waals surface area (Å²) in [4.78, 5) is 130. The molecule has 0 aliphatic heterocycles. The van der Waals surface area contributed by atoms with Crippen molar-refractivity contribution in [1.29, 1.82) is 0 Å². The molecule has 8 rings (SSSR count). The van der Waals surface area contributed by atoms with E-state index in [2.05, 4.69) is 59.1 Å². The second-order valence-electron chi connectivity index (χ2n) is 22.1. The second-order valence-corrected chi connectivity index (χ2v) is 22.1. The van der Waals surface area contributed by atoms with E-state index in [1.165, 1.54) is 27.5 Å². The fraction of sp³-hybridized carbons (Fsp3) is 0.361. The van der Waals surface area contributed by atoms with Gasteiger partial charge in [0.25, 0.3) is 29.5 Å². The van der Waals surface area contributed by atoms with Crippen LogP contribution in [0.5, 0.6) is 0 Å². The number of hydrogen-bond donors (Lipinski definition) is 7. The molecule has 0 aliphatic rings. The maximum Gasteiger partial charge on any atom is 0.291 e. The number of aromatic nitrogens is 10. The van der Waals surface area contributed by atoms with E-state index in [-0.39, 0.29) is 84.9 Å². The highest BCUT2D eigenvalue weighted by Crippen LogP contribution is 2.22. The van der Waals surface area contributed by atoms with Crippen molar-refractivity contribution in [1.82, 2.24) is 67.4 Å². The first kappa shape index (κ1) is 63.9. The summed E-state index contributed by atoms with van der Waals surface area (Å²) >= 11 is 0. The van der Waals surface area contributed by atoms with Gasteiger partial charge >= 0.3 is 0 Å². The third-order valence-electron chi connectivity index (χ3n) is 14.8. The third kappa shape index (κ3) is 16.0. The van der Waals surface area contributed by atoms with E-state index in [0.29, 0.717) is 68.9 Å². The zero-order chi connectivity index (χ0) is 63.5. The maximum atomic E-state index is 13.5. The number of hydrogen-bond acceptors (Lipinski definition) is 13. The average Bonchev–Trinajstić information content (AvgIpc) is 4.55. The van der Waals surface area contributed by atoms with Crippen molar-refractivity contribution in [2.75, 3.05) is 68.1 Å². The molecule has 8 heterocycles. The summed E-state index contributed by atoms with van der Waals surface area (Å²) < 4.78 is 12.8. The van der Waals surface area contributed by atoms with Crippen LogP contribution < -0.4 is 37.2 Å². The van der Waals surface area contributed by atoms with Crippen LogP contribution >= 0.6 is 0 Å². The van der Waals surface area contributed by atoms with Gasteiger partial charge in [-0.15, -0.1) is 0 Å². The Morgan fingerprint density at radius 2 is 0.852 bits per heavy atom. The summed E-state index contributed by atoms with van der Waals surface area (Å²) in [7, 11) is 17.5. The molecule has 27 heteroatoms. The van der Waals surface area contributed by atoms with Gasteiger partial charge < -0.3 is 78.7 Å². The highest BCUT2D eigenvalue weighted by molar-refractivity contribution is 6.09. The van der Waals surface area contributed by atoms with Crippen molar-refractivity contribution in [2.45, 2.75) is 44.9 Å². The fourth-order valence-corrected chi connectivity index (χ4v) is 10.3.